The van der Waals surface area contributed by atoms with Gasteiger partial charge in [-0.2, -0.15) is 0 Å². The average Bonchev–Trinajstić information content (AvgIpc) is 2.60. The van der Waals surface area contributed by atoms with E-state index >= 15 is 0 Å². The maximum Gasteiger partial charge on any atom is 0.0918 e. The number of hydrogen-bond acceptors (Lipinski definition) is 4. The average molecular weight is 351 g/mol. The zero-order valence-electron chi connectivity index (χ0n) is 15.8. The fourth-order valence-electron chi connectivity index (χ4n) is 4.25. The lowest BCUT2D eigenvalue weighted by Crippen LogP contribution is -2.36. The lowest BCUT2D eigenvalue weighted by molar-refractivity contribution is 0.166. The third kappa shape index (κ3) is 8.19. The molecule has 0 aliphatic carbocycles. The summed E-state index contributed by atoms with van der Waals surface area (Å²) in [7, 11) is 0. The molecule has 0 bridgehead atoms. The van der Waals surface area contributed by atoms with Gasteiger partial charge in [-0.05, 0) is 63.7 Å². The summed E-state index contributed by atoms with van der Waals surface area (Å²) in [5, 5.41) is 14.7. The molecule has 6 N–H and O–H groups in total. The number of nitrogens with two attached hydrogens (primary N) is 2. The van der Waals surface area contributed by atoms with E-state index in [-0.39, 0.29) is 0 Å². The monoisotopic (exact) mass is 350 g/mol. The summed E-state index contributed by atoms with van der Waals surface area (Å²) < 4.78 is 0. The molecule has 2 rings (SSSR count). The molecule has 2 saturated heterocycles. The van der Waals surface area contributed by atoms with Crippen LogP contribution in [0.5, 0.6) is 0 Å². The van der Waals surface area contributed by atoms with Crippen LogP contribution in [-0.2, 0) is 0 Å². The van der Waals surface area contributed by atoms with Crippen LogP contribution in [0.15, 0.2) is 0 Å². The topological polar surface area (TPSA) is 106 Å². The first-order valence-corrected chi connectivity index (χ1v) is 10.1. The van der Waals surface area contributed by atoms with Gasteiger partial charge in [-0.1, -0.05) is 19.3 Å². The second-order valence-electron chi connectivity index (χ2n) is 8.05. The van der Waals surface area contributed by atoms with Crippen molar-refractivity contribution in [3.63, 3.8) is 0 Å². The fraction of sp³-hybridized carbons (Fsp3) is 0.895. The Morgan fingerprint density at radius 1 is 0.720 bits per heavy atom. The highest BCUT2D eigenvalue weighted by Gasteiger charge is 2.21. The molecular formula is C19H38N6. The molecule has 0 amide bonds. The molecule has 2 fully saturated rings. The Hall–Kier alpha value is -1.14. The smallest absolute Gasteiger partial charge is 0.0918 e. The van der Waals surface area contributed by atoms with Crippen molar-refractivity contribution in [1.29, 1.82) is 10.8 Å². The molecule has 2 heterocycles. The van der Waals surface area contributed by atoms with E-state index < -0.39 is 0 Å². The highest BCUT2D eigenvalue weighted by atomic mass is 15.1. The van der Waals surface area contributed by atoms with Crippen molar-refractivity contribution in [2.24, 2.45) is 23.3 Å². The molecule has 6 nitrogen and oxygen atoms in total. The van der Waals surface area contributed by atoms with E-state index in [2.05, 4.69) is 9.80 Å². The predicted molar refractivity (Wildman–Crippen MR) is 105 cm³/mol. The number of nitrogens with one attached hydrogen (secondary N) is 2. The Balaban J connectivity index is 1.50. The van der Waals surface area contributed by atoms with Crippen molar-refractivity contribution in [2.75, 3.05) is 39.3 Å². The SMILES string of the molecule is N=C(N)CCN1CCC(CCCC2CCN(CCC(=N)N)CC2)CC1. The molecule has 6 heteroatoms. The first-order chi connectivity index (χ1) is 12.0. The van der Waals surface area contributed by atoms with Crippen molar-refractivity contribution in [3.8, 4) is 0 Å². The van der Waals surface area contributed by atoms with Gasteiger partial charge < -0.3 is 21.3 Å². The molecule has 25 heavy (non-hydrogen) atoms. The third-order valence-electron chi connectivity index (χ3n) is 6.03. The van der Waals surface area contributed by atoms with Crippen LogP contribution in [0.25, 0.3) is 0 Å². The maximum atomic E-state index is 7.33. The van der Waals surface area contributed by atoms with Gasteiger partial charge in [-0.3, -0.25) is 10.8 Å². The van der Waals surface area contributed by atoms with E-state index in [0.29, 0.717) is 11.7 Å². The number of amidine groups is 2. The van der Waals surface area contributed by atoms with Gasteiger partial charge in [-0.25, -0.2) is 0 Å². The Kier molecular flexibility index (Phi) is 8.68. The summed E-state index contributed by atoms with van der Waals surface area (Å²) >= 11 is 0. The van der Waals surface area contributed by atoms with Gasteiger partial charge in [0.1, 0.15) is 0 Å². The minimum absolute atomic E-state index is 0.314. The van der Waals surface area contributed by atoms with E-state index in [1.54, 1.807) is 0 Å². The summed E-state index contributed by atoms with van der Waals surface area (Å²) in [5.41, 5.74) is 10.9. The van der Waals surface area contributed by atoms with Gasteiger partial charge >= 0.3 is 0 Å². The van der Waals surface area contributed by atoms with Gasteiger partial charge in [0.15, 0.2) is 0 Å². The molecule has 0 saturated carbocycles. The number of nitrogens with zero attached hydrogens (tertiary/aromatic N) is 2. The van der Waals surface area contributed by atoms with Gasteiger partial charge in [0.2, 0.25) is 0 Å². The normalized spacial score (nSPS) is 21.4. The van der Waals surface area contributed by atoms with Gasteiger partial charge in [0.05, 0.1) is 11.7 Å². The number of piperidine rings is 2. The summed E-state index contributed by atoms with van der Waals surface area (Å²) in [5.74, 6) is 2.44. The van der Waals surface area contributed by atoms with Crippen molar-refractivity contribution >= 4 is 11.7 Å². The van der Waals surface area contributed by atoms with Crippen molar-refractivity contribution < 1.29 is 0 Å². The summed E-state index contributed by atoms with van der Waals surface area (Å²) in [6, 6.07) is 0. The third-order valence-corrected chi connectivity index (χ3v) is 6.03. The molecule has 0 aromatic heterocycles. The predicted octanol–water partition coefficient (Wildman–Crippen LogP) is 2.23. The Morgan fingerprint density at radius 2 is 1.08 bits per heavy atom. The van der Waals surface area contributed by atoms with Crippen LogP contribution in [-0.4, -0.2) is 60.7 Å². The second-order valence-corrected chi connectivity index (χ2v) is 8.05. The second kappa shape index (κ2) is 10.8. The molecular weight excluding hydrogens is 312 g/mol. The van der Waals surface area contributed by atoms with E-state index in [9.17, 15) is 0 Å². The van der Waals surface area contributed by atoms with E-state index in [1.807, 2.05) is 0 Å². The molecule has 0 spiro atoms. The zero-order valence-corrected chi connectivity index (χ0v) is 15.8. The first-order valence-electron chi connectivity index (χ1n) is 10.1. The first kappa shape index (κ1) is 20.2. The van der Waals surface area contributed by atoms with Crippen LogP contribution >= 0.6 is 0 Å². The molecule has 144 valence electrons. The minimum atomic E-state index is 0.314. The van der Waals surface area contributed by atoms with Crippen LogP contribution in [0.4, 0.5) is 0 Å². The van der Waals surface area contributed by atoms with Crippen LogP contribution in [0.3, 0.4) is 0 Å². The fourth-order valence-corrected chi connectivity index (χ4v) is 4.25. The molecule has 0 unspecified atom stereocenters. The largest absolute Gasteiger partial charge is 0.388 e. The molecule has 2 aliphatic rings. The zero-order chi connectivity index (χ0) is 18.1. The van der Waals surface area contributed by atoms with Gasteiger partial charge in [0, 0.05) is 25.9 Å². The molecule has 2 aliphatic heterocycles. The number of rotatable bonds is 10. The molecule has 0 atom stereocenters. The standard InChI is InChI=1S/C19H38N6/c20-18(21)8-14-24-10-4-16(5-11-24)2-1-3-17-6-12-25(13-7-17)15-9-19(22)23/h16-17H,1-15H2,(H3,20,21)(H3,22,23). The highest BCUT2D eigenvalue weighted by Crippen LogP contribution is 2.27. The Morgan fingerprint density at radius 3 is 1.40 bits per heavy atom. The van der Waals surface area contributed by atoms with Crippen LogP contribution in [0.2, 0.25) is 0 Å². The summed E-state index contributed by atoms with van der Waals surface area (Å²) in [6.45, 7) is 6.67. The van der Waals surface area contributed by atoms with Gasteiger partial charge in [0.25, 0.3) is 0 Å². The van der Waals surface area contributed by atoms with Crippen LogP contribution in [0, 0.1) is 22.7 Å². The number of likely N-dealkylation sites (tertiary alicyclic amines) is 2. The van der Waals surface area contributed by atoms with E-state index in [1.165, 1.54) is 71.1 Å². The van der Waals surface area contributed by atoms with Crippen molar-refractivity contribution in [3.05, 3.63) is 0 Å². The number of hydrogen-bond donors (Lipinski definition) is 4. The van der Waals surface area contributed by atoms with E-state index in [4.69, 9.17) is 22.3 Å². The van der Waals surface area contributed by atoms with Crippen molar-refractivity contribution in [2.45, 2.75) is 57.8 Å². The van der Waals surface area contributed by atoms with E-state index in [0.717, 1.165) is 37.8 Å². The molecule has 0 radical (unpaired) electrons. The van der Waals surface area contributed by atoms with Crippen LogP contribution in [0.1, 0.15) is 57.8 Å². The quantitative estimate of drug-likeness (QED) is 0.358. The van der Waals surface area contributed by atoms with Crippen molar-refractivity contribution in [1.82, 2.24) is 9.80 Å². The minimum Gasteiger partial charge on any atom is -0.388 e. The highest BCUT2D eigenvalue weighted by molar-refractivity contribution is 5.77. The van der Waals surface area contributed by atoms with Crippen LogP contribution < -0.4 is 11.5 Å². The summed E-state index contributed by atoms with van der Waals surface area (Å²) in [4.78, 5) is 4.93. The summed E-state index contributed by atoms with van der Waals surface area (Å²) in [6.07, 6.45) is 10.9. The maximum absolute atomic E-state index is 7.33. The lowest BCUT2D eigenvalue weighted by Gasteiger charge is -2.33. The lowest BCUT2D eigenvalue weighted by atomic mass is 9.87. The molecule has 0 aromatic rings. The Bertz CT molecular complexity index is 370. The van der Waals surface area contributed by atoms with Gasteiger partial charge in [-0.15, -0.1) is 0 Å². The molecule has 0 aromatic carbocycles. The Labute approximate surface area is 153 Å².